The third-order valence-electron chi connectivity index (χ3n) is 2.90. The molecule has 0 bridgehead atoms. The van der Waals surface area contributed by atoms with Crippen molar-refractivity contribution in [3.63, 3.8) is 0 Å². The number of fused-ring (bicyclic) bond motifs is 3. The van der Waals surface area contributed by atoms with Crippen LogP contribution in [0.15, 0.2) is 22.6 Å². The number of carbonyl (C=O) groups is 1. The van der Waals surface area contributed by atoms with E-state index in [-0.39, 0.29) is 11.9 Å². The highest BCUT2D eigenvalue weighted by Gasteiger charge is 2.24. The molecule has 0 saturated carbocycles. The van der Waals surface area contributed by atoms with E-state index in [1.165, 1.54) is 6.92 Å². The van der Waals surface area contributed by atoms with E-state index in [0.717, 1.165) is 23.1 Å². The Morgan fingerprint density at radius 3 is 3.00 bits per heavy atom. The van der Waals surface area contributed by atoms with Crippen molar-refractivity contribution in [3.8, 4) is 5.75 Å². The largest absolute Gasteiger partial charge is 0.486 e. The van der Waals surface area contributed by atoms with E-state index in [1.54, 1.807) is 6.07 Å². The van der Waals surface area contributed by atoms with E-state index < -0.39 is 0 Å². The molecule has 2 heterocycles. The van der Waals surface area contributed by atoms with E-state index in [1.807, 2.05) is 19.1 Å². The fourth-order valence-corrected chi connectivity index (χ4v) is 2.13. The average Bonchev–Trinajstić information content (AvgIpc) is 2.77. The Balaban J connectivity index is 2.25. The fraction of sp³-hybridized carbons (Fsp3) is 0.308. The molecule has 0 fully saturated rings. The van der Waals surface area contributed by atoms with Gasteiger partial charge in [-0.3, -0.25) is 4.79 Å². The summed E-state index contributed by atoms with van der Waals surface area (Å²) in [7, 11) is 0. The summed E-state index contributed by atoms with van der Waals surface area (Å²) in [5.41, 5.74) is 1.86. The molecule has 1 aromatic carbocycles. The fourth-order valence-electron chi connectivity index (χ4n) is 2.13. The first-order valence-corrected chi connectivity index (χ1v) is 5.38. The van der Waals surface area contributed by atoms with Crippen LogP contribution in [0.4, 0.5) is 0 Å². The van der Waals surface area contributed by atoms with Gasteiger partial charge in [0.05, 0.1) is 0 Å². The van der Waals surface area contributed by atoms with Gasteiger partial charge in [0, 0.05) is 24.3 Å². The second kappa shape index (κ2) is 3.11. The first kappa shape index (κ1) is 9.46. The first-order valence-electron chi connectivity index (χ1n) is 5.38. The normalized spacial score (nSPS) is 18.5. The number of ether oxygens (including phenoxy) is 1. The van der Waals surface area contributed by atoms with Crippen molar-refractivity contribution in [2.24, 2.45) is 0 Å². The molecule has 0 radical (unpaired) electrons. The zero-order valence-corrected chi connectivity index (χ0v) is 9.24. The lowest BCUT2D eigenvalue weighted by atomic mass is 10.1. The summed E-state index contributed by atoms with van der Waals surface area (Å²) in [5, 5.41) is 0.929. The molecule has 1 aliphatic rings. The molecular weight excluding hydrogens is 204 g/mol. The molecule has 0 saturated heterocycles. The predicted molar refractivity (Wildman–Crippen MR) is 60.0 cm³/mol. The maximum absolute atomic E-state index is 11.2. The molecule has 1 unspecified atom stereocenters. The molecule has 1 atom stereocenters. The van der Waals surface area contributed by atoms with E-state index in [9.17, 15) is 4.79 Å². The molecule has 16 heavy (non-hydrogen) atoms. The molecule has 1 aliphatic heterocycles. The van der Waals surface area contributed by atoms with Gasteiger partial charge in [0.15, 0.2) is 22.9 Å². The summed E-state index contributed by atoms with van der Waals surface area (Å²) in [6.45, 7) is 3.53. The molecule has 0 amide bonds. The molecule has 3 nitrogen and oxygen atoms in total. The SMILES string of the molecule is CC(=O)c1cc2ccc3c(c2o1)OC(C)C3. The molecule has 3 heteroatoms. The Hall–Kier alpha value is -1.77. The van der Waals surface area contributed by atoms with Crippen molar-refractivity contribution in [1.82, 2.24) is 0 Å². The summed E-state index contributed by atoms with van der Waals surface area (Å²) >= 11 is 0. The van der Waals surface area contributed by atoms with Gasteiger partial charge < -0.3 is 9.15 Å². The highest BCUT2D eigenvalue weighted by atomic mass is 16.5. The molecule has 0 spiro atoms. The third-order valence-corrected chi connectivity index (χ3v) is 2.90. The van der Waals surface area contributed by atoms with Crippen molar-refractivity contribution in [2.45, 2.75) is 26.4 Å². The van der Waals surface area contributed by atoms with Gasteiger partial charge in [-0.25, -0.2) is 0 Å². The molecule has 82 valence electrons. The second-order valence-corrected chi connectivity index (χ2v) is 4.27. The van der Waals surface area contributed by atoms with Crippen LogP contribution in [-0.4, -0.2) is 11.9 Å². The van der Waals surface area contributed by atoms with Crippen LogP contribution in [0.3, 0.4) is 0 Å². The lowest BCUT2D eigenvalue weighted by Crippen LogP contribution is -2.05. The molecule has 2 aromatic rings. The van der Waals surface area contributed by atoms with E-state index in [4.69, 9.17) is 9.15 Å². The average molecular weight is 216 g/mol. The predicted octanol–water partition coefficient (Wildman–Crippen LogP) is 2.96. The van der Waals surface area contributed by atoms with Crippen LogP contribution in [0, 0.1) is 0 Å². The Morgan fingerprint density at radius 2 is 2.25 bits per heavy atom. The van der Waals surface area contributed by atoms with Crippen LogP contribution in [0.2, 0.25) is 0 Å². The first-order chi connectivity index (χ1) is 7.65. The highest BCUT2D eigenvalue weighted by Crippen LogP contribution is 2.37. The van der Waals surface area contributed by atoms with Gasteiger partial charge in [-0.2, -0.15) is 0 Å². The molecule has 0 N–H and O–H groups in total. The van der Waals surface area contributed by atoms with Crippen LogP contribution in [0.5, 0.6) is 5.75 Å². The summed E-state index contributed by atoms with van der Waals surface area (Å²) < 4.78 is 11.3. The Kier molecular flexibility index (Phi) is 1.84. The lowest BCUT2D eigenvalue weighted by Gasteiger charge is -2.02. The maximum atomic E-state index is 11.2. The summed E-state index contributed by atoms with van der Waals surface area (Å²) in [6.07, 6.45) is 1.09. The van der Waals surface area contributed by atoms with E-state index in [0.29, 0.717) is 11.3 Å². The van der Waals surface area contributed by atoms with Crippen LogP contribution >= 0.6 is 0 Å². The Labute approximate surface area is 93.0 Å². The van der Waals surface area contributed by atoms with Gasteiger partial charge in [0.25, 0.3) is 0 Å². The minimum atomic E-state index is -0.0593. The summed E-state index contributed by atoms with van der Waals surface area (Å²) in [6, 6.07) is 5.79. The standard InChI is InChI=1S/C13H12O3/c1-7-5-9-3-4-10-6-11(8(2)14)16-13(10)12(9)15-7/h3-4,6-7H,5H2,1-2H3. The van der Waals surface area contributed by atoms with Crippen molar-refractivity contribution >= 4 is 16.8 Å². The third kappa shape index (κ3) is 1.24. The zero-order chi connectivity index (χ0) is 11.3. The number of furan rings is 1. The second-order valence-electron chi connectivity index (χ2n) is 4.27. The number of hydrogen-bond donors (Lipinski definition) is 0. The molecule has 0 aliphatic carbocycles. The van der Waals surface area contributed by atoms with Crippen molar-refractivity contribution in [2.75, 3.05) is 0 Å². The van der Waals surface area contributed by atoms with Crippen molar-refractivity contribution in [3.05, 3.63) is 29.5 Å². The Bertz CT molecular complexity index is 580. The summed E-state index contributed by atoms with van der Waals surface area (Å²) in [4.78, 5) is 11.2. The number of Topliss-reactive ketones (excluding diaryl/α,β-unsaturated/α-hetero) is 1. The van der Waals surface area contributed by atoms with Crippen LogP contribution in [-0.2, 0) is 6.42 Å². The lowest BCUT2D eigenvalue weighted by molar-refractivity contribution is 0.0989. The molecule has 1 aromatic heterocycles. The smallest absolute Gasteiger partial charge is 0.194 e. The topological polar surface area (TPSA) is 39.4 Å². The number of ketones is 1. The Morgan fingerprint density at radius 1 is 1.44 bits per heavy atom. The van der Waals surface area contributed by atoms with Gasteiger partial charge >= 0.3 is 0 Å². The van der Waals surface area contributed by atoms with Crippen LogP contribution < -0.4 is 4.74 Å². The minimum Gasteiger partial charge on any atom is -0.486 e. The van der Waals surface area contributed by atoms with Crippen molar-refractivity contribution < 1.29 is 13.9 Å². The van der Waals surface area contributed by atoms with Crippen molar-refractivity contribution in [1.29, 1.82) is 0 Å². The van der Waals surface area contributed by atoms with Gasteiger partial charge in [-0.05, 0) is 13.0 Å². The van der Waals surface area contributed by atoms with Crippen LogP contribution in [0.1, 0.15) is 30.0 Å². The zero-order valence-electron chi connectivity index (χ0n) is 9.24. The number of rotatable bonds is 1. The quantitative estimate of drug-likeness (QED) is 0.688. The van der Waals surface area contributed by atoms with Gasteiger partial charge in [0.2, 0.25) is 0 Å². The monoisotopic (exact) mass is 216 g/mol. The highest BCUT2D eigenvalue weighted by molar-refractivity contribution is 5.97. The van der Waals surface area contributed by atoms with Gasteiger partial charge in [-0.15, -0.1) is 0 Å². The van der Waals surface area contributed by atoms with Gasteiger partial charge in [-0.1, -0.05) is 12.1 Å². The van der Waals surface area contributed by atoms with E-state index in [2.05, 4.69) is 0 Å². The van der Waals surface area contributed by atoms with Gasteiger partial charge in [0.1, 0.15) is 6.10 Å². The summed E-state index contributed by atoms with van der Waals surface area (Å²) in [5.74, 6) is 1.14. The number of benzene rings is 1. The maximum Gasteiger partial charge on any atom is 0.194 e. The van der Waals surface area contributed by atoms with Crippen LogP contribution in [0.25, 0.3) is 11.0 Å². The number of carbonyl (C=O) groups excluding carboxylic acids is 1. The molecular formula is C13H12O3. The molecule has 3 rings (SSSR count). The van der Waals surface area contributed by atoms with E-state index >= 15 is 0 Å². The number of hydrogen-bond acceptors (Lipinski definition) is 3. The minimum absolute atomic E-state index is 0.0593.